The molecule has 1 saturated carbocycles. The molecule has 0 aliphatic heterocycles. The Morgan fingerprint density at radius 1 is 0.875 bits per heavy atom. The fraction of sp³-hybridized carbons (Fsp3) is 0.412. The molecular weight excluding hydrogens is 516 g/mol. The monoisotopic (exact) mass is 554 g/mol. The van der Waals surface area contributed by atoms with Crippen LogP contribution in [-0.2, 0) is 12.8 Å². The maximum atomic E-state index is 15.1. The van der Waals surface area contributed by atoms with E-state index in [2.05, 4.69) is 13.5 Å². The Morgan fingerprint density at radius 2 is 1.60 bits per heavy atom. The first-order valence-electron chi connectivity index (χ1n) is 14.3. The summed E-state index contributed by atoms with van der Waals surface area (Å²) in [7, 11) is 0. The molecule has 3 aromatic carbocycles. The van der Waals surface area contributed by atoms with Crippen LogP contribution in [0.5, 0.6) is 5.75 Å². The minimum Gasteiger partial charge on any atom is -0.490 e. The number of halogens is 4. The number of benzene rings is 3. The zero-order valence-electron chi connectivity index (χ0n) is 23.1. The summed E-state index contributed by atoms with van der Waals surface area (Å²) >= 11 is 0. The van der Waals surface area contributed by atoms with Crippen LogP contribution >= 0.6 is 0 Å². The SMILES string of the molecule is C=CCCOc1ccc(-c2ccc(CCc3ccc(C4CCC(C(O)CCC)CC4)c(F)c3F)cc2)c(F)c1F. The van der Waals surface area contributed by atoms with Gasteiger partial charge in [-0.15, -0.1) is 6.58 Å². The number of rotatable bonds is 12. The van der Waals surface area contributed by atoms with E-state index in [1.165, 1.54) is 12.1 Å². The van der Waals surface area contributed by atoms with Crippen LogP contribution in [0.25, 0.3) is 11.1 Å². The second-order valence-corrected chi connectivity index (χ2v) is 10.8. The van der Waals surface area contributed by atoms with Gasteiger partial charge in [0.15, 0.2) is 23.2 Å². The van der Waals surface area contributed by atoms with Crippen molar-refractivity contribution in [3.05, 3.63) is 101 Å². The highest BCUT2D eigenvalue weighted by atomic mass is 19.2. The maximum Gasteiger partial charge on any atom is 0.201 e. The van der Waals surface area contributed by atoms with Crippen molar-refractivity contribution in [2.24, 2.45) is 5.92 Å². The van der Waals surface area contributed by atoms with E-state index in [9.17, 15) is 13.9 Å². The van der Waals surface area contributed by atoms with E-state index in [4.69, 9.17) is 4.74 Å². The fourth-order valence-electron chi connectivity index (χ4n) is 5.71. The van der Waals surface area contributed by atoms with E-state index in [-0.39, 0.29) is 35.9 Å². The molecule has 1 N–H and O–H groups in total. The van der Waals surface area contributed by atoms with Crippen molar-refractivity contribution in [1.82, 2.24) is 0 Å². The van der Waals surface area contributed by atoms with Crippen molar-refractivity contribution in [1.29, 1.82) is 0 Å². The Morgan fingerprint density at radius 3 is 2.27 bits per heavy atom. The second kappa shape index (κ2) is 14.0. The van der Waals surface area contributed by atoms with E-state index in [0.29, 0.717) is 36.0 Å². The van der Waals surface area contributed by atoms with Gasteiger partial charge in [0.1, 0.15) is 0 Å². The van der Waals surface area contributed by atoms with E-state index >= 15 is 8.78 Å². The van der Waals surface area contributed by atoms with Crippen LogP contribution in [0.2, 0.25) is 0 Å². The molecule has 1 aliphatic carbocycles. The van der Waals surface area contributed by atoms with Crippen molar-refractivity contribution in [3.63, 3.8) is 0 Å². The molecule has 2 nitrogen and oxygen atoms in total. The zero-order chi connectivity index (χ0) is 28.6. The number of aliphatic hydroxyl groups is 1. The summed E-state index contributed by atoms with van der Waals surface area (Å²) < 4.78 is 64.5. The summed E-state index contributed by atoms with van der Waals surface area (Å²) in [4.78, 5) is 0. The Kier molecular flexibility index (Phi) is 10.4. The first-order chi connectivity index (χ1) is 19.3. The third-order valence-corrected chi connectivity index (χ3v) is 8.11. The molecule has 4 rings (SSSR count). The minimum atomic E-state index is -1.03. The molecule has 6 heteroatoms. The third-order valence-electron chi connectivity index (χ3n) is 8.11. The summed E-state index contributed by atoms with van der Waals surface area (Å²) in [5.41, 5.74) is 2.26. The number of aryl methyl sites for hydroxylation is 2. The first kappa shape index (κ1) is 29.9. The summed E-state index contributed by atoms with van der Waals surface area (Å²) in [6.45, 7) is 5.84. The second-order valence-electron chi connectivity index (χ2n) is 10.8. The quantitative estimate of drug-likeness (QED) is 0.137. The highest BCUT2D eigenvalue weighted by Crippen LogP contribution is 2.39. The van der Waals surface area contributed by atoms with Crippen LogP contribution in [0.4, 0.5) is 17.6 Å². The van der Waals surface area contributed by atoms with Gasteiger partial charge in [0, 0.05) is 5.56 Å². The maximum absolute atomic E-state index is 15.1. The molecule has 0 saturated heterocycles. The summed E-state index contributed by atoms with van der Waals surface area (Å²) in [5.74, 6) is -3.50. The molecule has 1 fully saturated rings. The lowest BCUT2D eigenvalue weighted by Crippen LogP contribution is -2.25. The van der Waals surface area contributed by atoms with Crippen LogP contribution in [0.15, 0.2) is 61.2 Å². The summed E-state index contributed by atoms with van der Waals surface area (Å²) in [5, 5.41) is 10.3. The molecular formula is C34H38F4O2. The number of ether oxygens (including phenoxy) is 1. The van der Waals surface area contributed by atoms with E-state index in [0.717, 1.165) is 44.1 Å². The smallest absolute Gasteiger partial charge is 0.201 e. The largest absolute Gasteiger partial charge is 0.490 e. The third kappa shape index (κ3) is 6.95. The molecule has 0 amide bonds. The van der Waals surface area contributed by atoms with Gasteiger partial charge < -0.3 is 9.84 Å². The number of aliphatic hydroxyl groups excluding tert-OH is 1. The molecule has 1 unspecified atom stereocenters. The Bertz CT molecular complexity index is 1280. The van der Waals surface area contributed by atoms with Gasteiger partial charge in [-0.25, -0.2) is 13.2 Å². The molecule has 3 aromatic rings. The van der Waals surface area contributed by atoms with Crippen molar-refractivity contribution in [2.75, 3.05) is 6.61 Å². The molecule has 214 valence electrons. The zero-order valence-corrected chi connectivity index (χ0v) is 23.1. The fourth-order valence-corrected chi connectivity index (χ4v) is 5.71. The van der Waals surface area contributed by atoms with Gasteiger partial charge in [0.05, 0.1) is 12.7 Å². The molecule has 0 spiro atoms. The van der Waals surface area contributed by atoms with Crippen molar-refractivity contribution < 1.29 is 27.4 Å². The summed E-state index contributed by atoms with van der Waals surface area (Å²) in [6, 6.07) is 13.2. The first-order valence-corrected chi connectivity index (χ1v) is 14.3. The van der Waals surface area contributed by atoms with Gasteiger partial charge in [0.25, 0.3) is 0 Å². The predicted octanol–water partition coefficient (Wildman–Crippen LogP) is 9.08. The van der Waals surface area contributed by atoms with E-state index < -0.39 is 23.3 Å². The molecule has 0 heterocycles. The van der Waals surface area contributed by atoms with Crippen molar-refractivity contribution in [2.45, 2.75) is 76.7 Å². The van der Waals surface area contributed by atoms with E-state index in [1.807, 2.05) is 0 Å². The predicted molar refractivity (Wildman–Crippen MR) is 151 cm³/mol. The van der Waals surface area contributed by atoms with Crippen molar-refractivity contribution in [3.8, 4) is 16.9 Å². The lowest BCUT2D eigenvalue weighted by molar-refractivity contribution is 0.0727. The van der Waals surface area contributed by atoms with Gasteiger partial charge in [-0.05, 0) is 97.6 Å². The van der Waals surface area contributed by atoms with Crippen LogP contribution in [0.1, 0.15) is 74.5 Å². The van der Waals surface area contributed by atoms with E-state index in [1.54, 1.807) is 42.5 Å². The van der Waals surface area contributed by atoms with Gasteiger partial charge in [-0.1, -0.05) is 55.8 Å². The Labute approximate surface area is 234 Å². The lowest BCUT2D eigenvalue weighted by Gasteiger charge is -2.32. The normalized spacial score (nSPS) is 17.9. The molecule has 1 atom stereocenters. The standard InChI is InChI=1S/C34H38F4O2/c1-3-5-21-40-30-20-19-28(33(37)34(30)38)23-10-7-22(8-11-23)9-12-26-17-18-27(32(36)31(26)35)24-13-15-25(16-14-24)29(39)6-4-2/h3,7-8,10-11,17-20,24-25,29,39H,1,4-6,9,12-16,21H2,2H3. The molecule has 40 heavy (non-hydrogen) atoms. The average Bonchev–Trinajstić information content (AvgIpc) is 2.97. The minimum absolute atomic E-state index is 0.0285. The van der Waals surface area contributed by atoms with Crippen molar-refractivity contribution >= 4 is 0 Å². The molecule has 0 aromatic heterocycles. The van der Waals surface area contributed by atoms with Crippen LogP contribution in [0, 0.1) is 29.2 Å². The Hall–Kier alpha value is -3.12. The van der Waals surface area contributed by atoms with Gasteiger partial charge >= 0.3 is 0 Å². The Balaban J connectivity index is 1.37. The average molecular weight is 555 g/mol. The van der Waals surface area contributed by atoms with Crippen LogP contribution < -0.4 is 4.74 Å². The number of hydrogen-bond acceptors (Lipinski definition) is 2. The van der Waals surface area contributed by atoms with Gasteiger partial charge in [0.2, 0.25) is 5.82 Å². The lowest BCUT2D eigenvalue weighted by atomic mass is 9.75. The van der Waals surface area contributed by atoms with Crippen LogP contribution in [-0.4, -0.2) is 17.8 Å². The highest BCUT2D eigenvalue weighted by Gasteiger charge is 2.29. The molecule has 0 radical (unpaired) electrons. The van der Waals surface area contributed by atoms with Gasteiger partial charge in [-0.3, -0.25) is 0 Å². The van der Waals surface area contributed by atoms with Gasteiger partial charge in [-0.2, -0.15) is 4.39 Å². The molecule has 0 bridgehead atoms. The highest BCUT2D eigenvalue weighted by molar-refractivity contribution is 5.65. The number of hydrogen-bond donors (Lipinski definition) is 1. The molecule has 1 aliphatic rings. The topological polar surface area (TPSA) is 29.5 Å². The van der Waals surface area contributed by atoms with Crippen LogP contribution in [0.3, 0.4) is 0 Å². The summed E-state index contributed by atoms with van der Waals surface area (Å²) in [6.07, 6.45) is 7.53.